The first kappa shape index (κ1) is 9.71. The van der Waals surface area contributed by atoms with Crippen molar-refractivity contribution in [1.29, 1.82) is 0 Å². The van der Waals surface area contributed by atoms with Gasteiger partial charge in [0.25, 0.3) is 0 Å². The zero-order valence-corrected chi connectivity index (χ0v) is 7.19. The molecular formula is C10H9BO2. The van der Waals surface area contributed by atoms with E-state index in [0.717, 1.165) is 0 Å². The predicted molar refractivity (Wildman–Crippen MR) is 50.8 cm³/mol. The molecule has 0 spiro atoms. The van der Waals surface area contributed by atoms with Crippen molar-refractivity contribution in [3.05, 3.63) is 35.9 Å². The SMILES string of the molecule is [B]C(=O)CCC(=O)c1ccccc1. The van der Waals surface area contributed by atoms with Gasteiger partial charge in [0.2, 0.25) is 0 Å². The third-order valence-corrected chi connectivity index (χ3v) is 1.69. The highest BCUT2D eigenvalue weighted by atomic mass is 16.1. The van der Waals surface area contributed by atoms with Crippen LogP contribution in [0, 0.1) is 0 Å². The molecule has 0 unspecified atom stereocenters. The molecule has 1 rings (SSSR count). The van der Waals surface area contributed by atoms with Crippen LogP contribution < -0.4 is 0 Å². The molecule has 0 bridgehead atoms. The number of ketones is 1. The number of rotatable bonds is 4. The van der Waals surface area contributed by atoms with Crippen LogP contribution in [0.2, 0.25) is 0 Å². The minimum Gasteiger partial charge on any atom is -0.313 e. The summed E-state index contributed by atoms with van der Waals surface area (Å²) in [6, 6.07) is 8.87. The lowest BCUT2D eigenvalue weighted by atomic mass is 9.95. The molecule has 1 aromatic carbocycles. The van der Waals surface area contributed by atoms with E-state index < -0.39 is 5.68 Å². The molecular weight excluding hydrogens is 163 g/mol. The second-order valence-electron chi connectivity index (χ2n) is 2.76. The normalized spacial score (nSPS) is 9.54. The van der Waals surface area contributed by atoms with Crippen LogP contribution in [0.3, 0.4) is 0 Å². The number of benzene rings is 1. The second-order valence-corrected chi connectivity index (χ2v) is 2.76. The maximum atomic E-state index is 11.3. The Balaban J connectivity index is 2.54. The molecule has 0 aliphatic heterocycles. The van der Waals surface area contributed by atoms with Crippen molar-refractivity contribution in [3.8, 4) is 0 Å². The van der Waals surface area contributed by atoms with E-state index in [9.17, 15) is 9.59 Å². The van der Waals surface area contributed by atoms with Crippen molar-refractivity contribution < 1.29 is 9.59 Å². The average Bonchev–Trinajstić information content (AvgIpc) is 2.15. The van der Waals surface area contributed by atoms with E-state index in [1.165, 1.54) is 0 Å². The van der Waals surface area contributed by atoms with Gasteiger partial charge in [-0.05, 0) is 0 Å². The number of hydrogen-bond donors (Lipinski definition) is 0. The van der Waals surface area contributed by atoms with Gasteiger partial charge in [-0.3, -0.25) is 4.79 Å². The number of carbonyl (C=O) groups excluding carboxylic acids is 2. The van der Waals surface area contributed by atoms with Gasteiger partial charge in [0.15, 0.2) is 13.6 Å². The Morgan fingerprint density at radius 1 is 1.08 bits per heavy atom. The topological polar surface area (TPSA) is 34.1 Å². The Morgan fingerprint density at radius 2 is 1.69 bits per heavy atom. The minimum atomic E-state index is -0.440. The third-order valence-electron chi connectivity index (χ3n) is 1.69. The molecule has 0 aromatic heterocycles. The third kappa shape index (κ3) is 3.24. The molecule has 0 saturated heterocycles. The monoisotopic (exact) mass is 172 g/mol. The summed E-state index contributed by atoms with van der Waals surface area (Å²) in [5.74, 6) is -0.0422. The highest BCUT2D eigenvalue weighted by molar-refractivity contribution is 6.57. The largest absolute Gasteiger partial charge is 0.313 e. The molecule has 0 saturated carbocycles. The molecule has 3 heteroatoms. The smallest absolute Gasteiger partial charge is 0.167 e. The fourth-order valence-electron chi connectivity index (χ4n) is 1.01. The van der Waals surface area contributed by atoms with Crippen LogP contribution in [0.1, 0.15) is 23.2 Å². The first-order chi connectivity index (χ1) is 6.20. The summed E-state index contributed by atoms with van der Waals surface area (Å²) in [5, 5.41) is 0. The fourth-order valence-corrected chi connectivity index (χ4v) is 1.01. The van der Waals surface area contributed by atoms with Crippen LogP contribution in [0.4, 0.5) is 0 Å². The standard InChI is InChI=1S/C10H9BO2/c11-10(13)7-6-9(12)8-4-2-1-3-5-8/h1-5H,6-7H2. The summed E-state index contributed by atoms with van der Waals surface area (Å²) in [5.41, 5.74) is 0.188. The van der Waals surface area contributed by atoms with Crippen LogP contribution in [0.15, 0.2) is 30.3 Å². The molecule has 0 amide bonds. The maximum absolute atomic E-state index is 11.3. The zero-order chi connectivity index (χ0) is 9.68. The van der Waals surface area contributed by atoms with Gasteiger partial charge in [-0.15, -0.1) is 0 Å². The number of hydrogen-bond acceptors (Lipinski definition) is 2. The summed E-state index contributed by atoms with van der Waals surface area (Å²) in [6.07, 6.45) is 0.313. The average molecular weight is 172 g/mol. The Bertz CT molecular complexity index is 306. The first-order valence-electron chi connectivity index (χ1n) is 4.06. The highest BCUT2D eigenvalue weighted by Crippen LogP contribution is 2.04. The van der Waals surface area contributed by atoms with E-state index in [1.807, 2.05) is 6.07 Å². The summed E-state index contributed by atoms with van der Waals surface area (Å²) >= 11 is 0. The summed E-state index contributed by atoms with van der Waals surface area (Å²) in [7, 11) is 4.93. The number of Topliss-reactive ketones (excluding diaryl/α,β-unsaturated/α-hetero) is 1. The second kappa shape index (κ2) is 4.60. The van der Waals surface area contributed by atoms with E-state index in [4.69, 9.17) is 7.85 Å². The Morgan fingerprint density at radius 3 is 2.23 bits per heavy atom. The van der Waals surface area contributed by atoms with E-state index >= 15 is 0 Å². The van der Waals surface area contributed by atoms with Crippen molar-refractivity contribution in [1.82, 2.24) is 0 Å². The lowest BCUT2D eigenvalue weighted by molar-refractivity contribution is -0.111. The highest BCUT2D eigenvalue weighted by Gasteiger charge is 2.05. The van der Waals surface area contributed by atoms with E-state index in [1.54, 1.807) is 24.3 Å². The van der Waals surface area contributed by atoms with Crippen molar-refractivity contribution >= 4 is 19.3 Å². The van der Waals surface area contributed by atoms with Crippen LogP contribution in [0.5, 0.6) is 0 Å². The van der Waals surface area contributed by atoms with Gasteiger partial charge >= 0.3 is 0 Å². The number of carbonyl (C=O) groups is 2. The van der Waals surface area contributed by atoms with Gasteiger partial charge < -0.3 is 4.79 Å². The van der Waals surface area contributed by atoms with Crippen molar-refractivity contribution in [2.45, 2.75) is 12.8 Å². The Hall–Kier alpha value is -1.38. The molecule has 13 heavy (non-hydrogen) atoms. The van der Waals surface area contributed by atoms with Crippen molar-refractivity contribution in [3.63, 3.8) is 0 Å². The first-order valence-corrected chi connectivity index (χ1v) is 4.06. The molecule has 64 valence electrons. The lowest BCUT2D eigenvalue weighted by Gasteiger charge is -1.97. The van der Waals surface area contributed by atoms with Crippen molar-refractivity contribution in [2.24, 2.45) is 0 Å². The molecule has 0 aliphatic carbocycles. The quantitative estimate of drug-likeness (QED) is 0.507. The molecule has 2 nitrogen and oxygen atoms in total. The van der Waals surface area contributed by atoms with Gasteiger partial charge in [0, 0.05) is 18.4 Å². The van der Waals surface area contributed by atoms with Crippen LogP contribution in [-0.4, -0.2) is 19.3 Å². The molecule has 1 aromatic rings. The van der Waals surface area contributed by atoms with E-state index in [2.05, 4.69) is 0 Å². The minimum absolute atomic E-state index is 0.0422. The fraction of sp³-hybridized carbons (Fsp3) is 0.200. The Kier molecular flexibility index (Phi) is 3.44. The lowest BCUT2D eigenvalue weighted by Crippen LogP contribution is -2.03. The van der Waals surface area contributed by atoms with E-state index in [-0.39, 0.29) is 18.6 Å². The van der Waals surface area contributed by atoms with Crippen LogP contribution >= 0.6 is 0 Å². The van der Waals surface area contributed by atoms with Gasteiger partial charge in [-0.25, -0.2) is 0 Å². The van der Waals surface area contributed by atoms with Gasteiger partial charge in [0.05, 0.1) is 5.68 Å². The van der Waals surface area contributed by atoms with Gasteiger partial charge in [-0.1, -0.05) is 30.3 Å². The van der Waals surface area contributed by atoms with E-state index in [0.29, 0.717) is 5.56 Å². The van der Waals surface area contributed by atoms with Crippen LogP contribution in [-0.2, 0) is 4.79 Å². The van der Waals surface area contributed by atoms with Crippen molar-refractivity contribution in [2.75, 3.05) is 0 Å². The summed E-state index contributed by atoms with van der Waals surface area (Å²) in [4.78, 5) is 21.7. The zero-order valence-electron chi connectivity index (χ0n) is 7.19. The molecule has 0 atom stereocenters. The molecule has 0 aliphatic rings. The molecule has 0 N–H and O–H groups in total. The Labute approximate surface area is 78.4 Å². The predicted octanol–water partition coefficient (Wildman–Crippen LogP) is 1.34. The van der Waals surface area contributed by atoms with Gasteiger partial charge in [0.1, 0.15) is 0 Å². The maximum Gasteiger partial charge on any atom is 0.167 e. The molecule has 0 fully saturated rings. The van der Waals surface area contributed by atoms with Gasteiger partial charge in [-0.2, -0.15) is 0 Å². The summed E-state index contributed by atoms with van der Waals surface area (Å²) in [6.45, 7) is 0. The molecule has 0 heterocycles. The molecule has 2 radical (unpaired) electrons. The summed E-state index contributed by atoms with van der Waals surface area (Å²) < 4.78 is 0. The van der Waals surface area contributed by atoms with Crippen LogP contribution in [0.25, 0.3) is 0 Å².